The van der Waals surface area contributed by atoms with E-state index >= 15 is 0 Å². The minimum atomic E-state index is -1.07. The topological polar surface area (TPSA) is 93.1 Å². The van der Waals surface area contributed by atoms with Crippen LogP contribution in [0.1, 0.15) is 15.9 Å². The minimum absolute atomic E-state index is 0.0319. The maximum Gasteiger partial charge on any atom is 0.347 e. The molecule has 0 aliphatic rings. The molecule has 0 bridgehead atoms. The van der Waals surface area contributed by atoms with Crippen LogP contribution in [0.25, 0.3) is 6.08 Å². The van der Waals surface area contributed by atoms with Gasteiger partial charge in [-0.15, -0.1) is 0 Å². The molecule has 0 fully saturated rings. The molecule has 6 nitrogen and oxygen atoms in total. The van der Waals surface area contributed by atoms with Crippen LogP contribution in [-0.2, 0) is 4.79 Å². The number of aliphatic carboxylic acids is 1. The molecule has 0 heterocycles. The van der Waals surface area contributed by atoms with Crippen LogP contribution in [0, 0.1) is 0 Å². The van der Waals surface area contributed by atoms with E-state index in [9.17, 15) is 14.7 Å². The fourth-order valence-corrected chi connectivity index (χ4v) is 1.84. The van der Waals surface area contributed by atoms with Gasteiger partial charge in [0.05, 0.1) is 7.11 Å². The standard InChI is InChI=1S/C17H14O6/c1-22-15-10-11(7-9-16(19)20)6-8-14(15)23-17(21)12-4-2-3-5-13(12)18/h2-10,18H,1H3,(H,19,20)/b9-7+. The lowest BCUT2D eigenvalue weighted by molar-refractivity contribution is -0.131. The number of para-hydroxylation sites is 1. The van der Waals surface area contributed by atoms with Crippen LogP contribution in [-0.4, -0.2) is 29.3 Å². The smallest absolute Gasteiger partial charge is 0.347 e. The highest BCUT2D eigenvalue weighted by Gasteiger charge is 2.15. The Labute approximate surface area is 132 Å². The van der Waals surface area contributed by atoms with Crippen molar-refractivity contribution in [3.8, 4) is 17.2 Å². The molecule has 2 aromatic rings. The Morgan fingerprint density at radius 1 is 1.09 bits per heavy atom. The van der Waals surface area contributed by atoms with Crippen LogP contribution in [0.3, 0.4) is 0 Å². The van der Waals surface area contributed by atoms with Gasteiger partial charge in [0.15, 0.2) is 11.5 Å². The van der Waals surface area contributed by atoms with Gasteiger partial charge in [0, 0.05) is 6.08 Å². The van der Waals surface area contributed by atoms with E-state index in [0.717, 1.165) is 6.08 Å². The maximum absolute atomic E-state index is 12.1. The predicted octanol–water partition coefficient (Wildman–Crippen LogP) is 2.72. The van der Waals surface area contributed by atoms with E-state index in [4.69, 9.17) is 14.6 Å². The van der Waals surface area contributed by atoms with Gasteiger partial charge in [-0.2, -0.15) is 0 Å². The number of benzene rings is 2. The summed E-state index contributed by atoms with van der Waals surface area (Å²) in [4.78, 5) is 22.6. The Hall–Kier alpha value is -3.28. The third-order valence-corrected chi connectivity index (χ3v) is 2.93. The lowest BCUT2D eigenvalue weighted by Gasteiger charge is -2.10. The molecule has 2 N–H and O–H groups in total. The molecule has 0 saturated heterocycles. The first-order valence-corrected chi connectivity index (χ1v) is 6.60. The van der Waals surface area contributed by atoms with Crippen molar-refractivity contribution in [1.82, 2.24) is 0 Å². The van der Waals surface area contributed by atoms with Gasteiger partial charge in [0.25, 0.3) is 0 Å². The molecular weight excluding hydrogens is 300 g/mol. The maximum atomic E-state index is 12.1. The highest BCUT2D eigenvalue weighted by molar-refractivity contribution is 5.94. The Morgan fingerprint density at radius 3 is 2.48 bits per heavy atom. The van der Waals surface area contributed by atoms with Crippen molar-refractivity contribution in [3.05, 3.63) is 59.7 Å². The van der Waals surface area contributed by atoms with Crippen LogP contribution in [0.4, 0.5) is 0 Å². The fourth-order valence-electron chi connectivity index (χ4n) is 1.84. The van der Waals surface area contributed by atoms with Crippen molar-refractivity contribution < 1.29 is 29.3 Å². The van der Waals surface area contributed by atoms with E-state index in [1.165, 1.54) is 37.5 Å². The molecule has 2 aromatic carbocycles. The Balaban J connectivity index is 2.24. The number of aromatic hydroxyl groups is 1. The number of methoxy groups -OCH3 is 1. The summed E-state index contributed by atoms with van der Waals surface area (Å²) in [6.45, 7) is 0. The van der Waals surface area contributed by atoms with Gasteiger partial charge in [-0.25, -0.2) is 9.59 Å². The Bertz CT molecular complexity index is 763. The van der Waals surface area contributed by atoms with Crippen molar-refractivity contribution in [3.63, 3.8) is 0 Å². The number of carbonyl (C=O) groups excluding carboxylic acids is 1. The van der Waals surface area contributed by atoms with E-state index in [1.807, 2.05) is 0 Å². The molecule has 0 spiro atoms. The normalized spacial score (nSPS) is 10.5. The number of ether oxygens (including phenoxy) is 2. The third-order valence-electron chi connectivity index (χ3n) is 2.93. The van der Waals surface area contributed by atoms with Gasteiger partial charge in [0.1, 0.15) is 11.3 Å². The summed E-state index contributed by atoms with van der Waals surface area (Å²) in [5, 5.41) is 18.3. The van der Waals surface area contributed by atoms with Crippen molar-refractivity contribution in [2.24, 2.45) is 0 Å². The van der Waals surface area contributed by atoms with Crippen LogP contribution < -0.4 is 9.47 Å². The molecule has 118 valence electrons. The Morgan fingerprint density at radius 2 is 1.83 bits per heavy atom. The number of hydrogen-bond acceptors (Lipinski definition) is 5. The van der Waals surface area contributed by atoms with E-state index in [-0.39, 0.29) is 22.8 Å². The average Bonchev–Trinajstić information content (AvgIpc) is 2.54. The monoisotopic (exact) mass is 314 g/mol. The Kier molecular flexibility index (Phi) is 4.99. The summed E-state index contributed by atoms with van der Waals surface area (Å²) in [5.74, 6) is -1.55. The first kappa shape index (κ1) is 16.1. The molecule has 0 aromatic heterocycles. The summed E-state index contributed by atoms with van der Waals surface area (Å²) in [7, 11) is 1.40. The summed E-state index contributed by atoms with van der Waals surface area (Å²) in [5.41, 5.74) is 0.607. The molecule has 0 atom stereocenters. The number of carboxylic acid groups (broad SMARTS) is 1. The molecule has 0 amide bonds. The first-order valence-electron chi connectivity index (χ1n) is 6.60. The second kappa shape index (κ2) is 7.13. The number of esters is 1. The molecular formula is C17H14O6. The van der Waals surface area contributed by atoms with Gasteiger partial charge in [-0.05, 0) is 35.9 Å². The predicted molar refractivity (Wildman–Crippen MR) is 82.7 cm³/mol. The number of hydrogen-bond donors (Lipinski definition) is 2. The number of rotatable bonds is 5. The molecule has 0 saturated carbocycles. The van der Waals surface area contributed by atoms with E-state index < -0.39 is 11.9 Å². The van der Waals surface area contributed by atoms with Gasteiger partial charge in [0.2, 0.25) is 0 Å². The SMILES string of the molecule is COc1cc(/C=C/C(=O)O)ccc1OC(=O)c1ccccc1O. The van der Waals surface area contributed by atoms with Crippen molar-refractivity contribution in [1.29, 1.82) is 0 Å². The molecule has 0 radical (unpaired) electrons. The first-order chi connectivity index (χ1) is 11.0. The number of carbonyl (C=O) groups is 2. The lowest BCUT2D eigenvalue weighted by Crippen LogP contribution is -2.09. The zero-order valence-electron chi connectivity index (χ0n) is 12.2. The quantitative estimate of drug-likeness (QED) is 0.501. The van der Waals surface area contributed by atoms with Crippen molar-refractivity contribution >= 4 is 18.0 Å². The van der Waals surface area contributed by atoms with Crippen LogP contribution in [0.15, 0.2) is 48.5 Å². The van der Waals surface area contributed by atoms with E-state index in [1.54, 1.807) is 18.2 Å². The number of phenols is 1. The number of phenolic OH excluding ortho intramolecular Hbond substituents is 1. The van der Waals surface area contributed by atoms with Crippen molar-refractivity contribution in [2.75, 3.05) is 7.11 Å². The molecule has 2 rings (SSSR count). The van der Waals surface area contributed by atoms with Gasteiger partial charge >= 0.3 is 11.9 Å². The molecule has 23 heavy (non-hydrogen) atoms. The van der Waals surface area contributed by atoms with E-state index in [2.05, 4.69) is 0 Å². The largest absolute Gasteiger partial charge is 0.507 e. The van der Waals surface area contributed by atoms with Gasteiger partial charge < -0.3 is 19.7 Å². The van der Waals surface area contributed by atoms with Gasteiger partial charge in [-0.1, -0.05) is 18.2 Å². The highest BCUT2D eigenvalue weighted by atomic mass is 16.6. The summed E-state index contributed by atoms with van der Waals surface area (Å²) < 4.78 is 10.4. The fraction of sp³-hybridized carbons (Fsp3) is 0.0588. The molecule has 0 aliphatic carbocycles. The second-order valence-electron chi connectivity index (χ2n) is 4.49. The minimum Gasteiger partial charge on any atom is -0.507 e. The van der Waals surface area contributed by atoms with E-state index in [0.29, 0.717) is 5.56 Å². The van der Waals surface area contributed by atoms with Crippen molar-refractivity contribution in [2.45, 2.75) is 0 Å². The molecule has 6 heteroatoms. The highest BCUT2D eigenvalue weighted by Crippen LogP contribution is 2.30. The summed E-state index contributed by atoms with van der Waals surface area (Å²) in [6, 6.07) is 10.6. The third kappa shape index (κ3) is 4.10. The van der Waals surface area contributed by atoms with Gasteiger partial charge in [-0.3, -0.25) is 0 Å². The average molecular weight is 314 g/mol. The second-order valence-corrected chi connectivity index (χ2v) is 4.49. The molecule has 0 aliphatic heterocycles. The zero-order valence-corrected chi connectivity index (χ0v) is 12.2. The zero-order chi connectivity index (χ0) is 16.8. The van der Waals surface area contributed by atoms with Crippen LogP contribution in [0.5, 0.6) is 17.2 Å². The molecule has 0 unspecified atom stereocenters. The lowest BCUT2D eigenvalue weighted by atomic mass is 10.2. The van der Waals surface area contributed by atoms with Crippen LogP contribution >= 0.6 is 0 Å². The van der Waals surface area contributed by atoms with Crippen LogP contribution in [0.2, 0.25) is 0 Å². The summed E-state index contributed by atoms with van der Waals surface area (Å²) in [6.07, 6.45) is 2.38. The summed E-state index contributed by atoms with van der Waals surface area (Å²) >= 11 is 0. The number of carboxylic acids is 1.